The Morgan fingerprint density at radius 3 is 2.76 bits per heavy atom. The fourth-order valence-electron chi connectivity index (χ4n) is 4.30. The Hall–Kier alpha value is -2.85. The molecule has 3 aromatic rings. The maximum atomic E-state index is 13.3. The average molecular weight is 461 g/mol. The van der Waals surface area contributed by atoms with E-state index in [1.165, 1.54) is 6.07 Å². The maximum absolute atomic E-state index is 13.3. The Morgan fingerprint density at radius 1 is 1.15 bits per heavy atom. The summed E-state index contributed by atoms with van der Waals surface area (Å²) in [5.41, 5.74) is 0.949. The molecule has 33 heavy (non-hydrogen) atoms. The molecule has 1 saturated carbocycles. The number of piperidine rings is 1. The second kappa shape index (κ2) is 8.83. The molecule has 1 aromatic carbocycles. The number of fused-ring (bicyclic) bond motifs is 1. The number of halogens is 3. The second-order valence-electron chi connectivity index (χ2n) is 8.67. The lowest BCUT2D eigenvalue weighted by atomic mass is 10.1. The molecule has 7 nitrogen and oxygen atoms in total. The molecule has 0 radical (unpaired) electrons. The quantitative estimate of drug-likeness (QED) is 0.557. The molecule has 1 aliphatic carbocycles. The smallest absolute Gasteiger partial charge is 0.416 e. The zero-order chi connectivity index (χ0) is 23.0. The van der Waals surface area contributed by atoms with Gasteiger partial charge in [0, 0.05) is 30.9 Å². The third-order valence-electron chi connectivity index (χ3n) is 6.10. The van der Waals surface area contributed by atoms with E-state index in [4.69, 9.17) is 4.74 Å². The van der Waals surface area contributed by atoms with Crippen LogP contribution in [-0.4, -0.2) is 63.0 Å². The van der Waals surface area contributed by atoms with Gasteiger partial charge < -0.3 is 15.2 Å². The number of rotatable bonds is 7. The van der Waals surface area contributed by atoms with Gasteiger partial charge in [-0.2, -0.15) is 13.2 Å². The highest BCUT2D eigenvalue weighted by molar-refractivity contribution is 5.81. The third kappa shape index (κ3) is 4.77. The maximum Gasteiger partial charge on any atom is 0.416 e. The molecule has 176 valence electrons. The van der Waals surface area contributed by atoms with Crippen LogP contribution in [0.15, 0.2) is 36.5 Å². The molecule has 1 aliphatic heterocycles. The van der Waals surface area contributed by atoms with Crippen LogP contribution in [0.5, 0.6) is 5.75 Å². The van der Waals surface area contributed by atoms with Crippen LogP contribution in [0.3, 0.4) is 0 Å². The van der Waals surface area contributed by atoms with E-state index >= 15 is 0 Å². The number of β-amino-alcohol motifs (C(OH)–C–C–N with tert-alkyl or cyclic N) is 1. The minimum atomic E-state index is -4.45. The number of ether oxygens (including phenoxy) is 1. The summed E-state index contributed by atoms with van der Waals surface area (Å²) in [4.78, 5) is 2.21. The summed E-state index contributed by atoms with van der Waals surface area (Å²) in [7, 11) is 0. The first-order chi connectivity index (χ1) is 15.9. The number of likely N-dealkylation sites (tertiary alicyclic amines) is 1. The Bertz CT molecular complexity index is 1130. The van der Waals surface area contributed by atoms with E-state index in [0.29, 0.717) is 23.8 Å². The summed E-state index contributed by atoms with van der Waals surface area (Å²) < 4.78 is 47.6. The molecular formula is C23H26F3N5O2. The van der Waals surface area contributed by atoms with Gasteiger partial charge in [-0.3, -0.25) is 9.30 Å². The summed E-state index contributed by atoms with van der Waals surface area (Å²) in [6.07, 6.45) is 1.01. The Labute approximate surface area is 189 Å². The zero-order valence-corrected chi connectivity index (χ0v) is 18.1. The molecule has 0 spiro atoms. The number of benzene rings is 1. The second-order valence-corrected chi connectivity index (χ2v) is 8.67. The molecular weight excluding hydrogens is 435 g/mol. The van der Waals surface area contributed by atoms with Gasteiger partial charge in [-0.05, 0) is 62.6 Å². The van der Waals surface area contributed by atoms with E-state index in [9.17, 15) is 18.3 Å². The summed E-state index contributed by atoms with van der Waals surface area (Å²) in [5, 5.41) is 21.5. The van der Waals surface area contributed by atoms with Crippen molar-refractivity contribution in [2.24, 2.45) is 0 Å². The summed E-state index contributed by atoms with van der Waals surface area (Å²) >= 11 is 0. The minimum Gasteiger partial charge on any atom is -0.490 e. The van der Waals surface area contributed by atoms with Gasteiger partial charge in [0.15, 0.2) is 0 Å². The fraction of sp³-hybridized carbons (Fsp3) is 0.478. The van der Waals surface area contributed by atoms with E-state index in [1.807, 2.05) is 22.7 Å². The molecule has 1 saturated heterocycles. The number of anilines is 1. The van der Waals surface area contributed by atoms with Crippen LogP contribution in [-0.2, 0) is 6.18 Å². The first-order valence-corrected chi connectivity index (χ1v) is 11.2. The molecule has 0 amide bonds. The predicted molar refractivity (Wildman–Crippen MR) is 117 cm³/mol. The number of hydrogen-bond donors (Lipinski definition) is 2. The highest BCUT2D eigenvalue weighted by Crippen LogP contribution is 2.40. The average Bonchev–Trinajstić information content (AvgIpc) is 3.45. The van der Waals surface area contributed by atoms with Gasteiger partial charge in [-0.25, -0.2) is 0 Å². The molecule has 10 heteroatoms. The van der Waals surface area contributed by atoms with E-state index < -0.39 is 11.7 Å². The monoisotopic (exact) mass is 461 g/mol. The topological polar surface area (TPSA) is 74.9 Å². The highest BCUT2D eigenvalue weighted by atomic mass is 19.4. The first kappa shape index (κ1) is 22.0. The first-order valence-electron chi connectivity index (χ1n) is 11.2. The molecule has 2 fully saturated rings. The molecule has 2 aliphatic rings. The molecule has 1 atom stereocenters. The van der Waals surface area contributed by atoms with Crippen LogP contribution < -0.4 is 10.1 Å². The Morgan fingerprint density at radius 2 is 2.00 bits per heavy atom. The van der Waals surface area contributed by atoms with Gasteiger partial charge in [0.1, 0.15) is 11.4 Å². The number of nitrogens with one attached hydrogen (secondary N) is 1. The Kier molecular flexibility index (Phi) is 5.88. The zero-order valence-electron chi connectivity index (χ0n) is 18.1. The van der Waals surface area contributed by atoms with E-state index in [2.05, 4.69) is 20.4 Å². The standard InChI is InChI=1S/C23H26F3N5O2/c24-23(25,26)15-5-8-18(20(13-15)33-17-6-7-17)21-19-4-2-10-31(19)22(29-28-21)27-16-3-1-9-30(14-16)11-12-32/h2,4-5,8,10,13,16-17,32H,1,3,6-7,9,11-12,14H2,(H,27,29)/t16-/m1/s1. The van der Waals surface area contributed by atoms with Crippen molar-refractivity contribution in [3.63, 3.8) is 0 Å². The largest absolute Gasteiger partial charge is 0.490 e. The number of nitrogens with zero attached hydrogens (tertiary/aromatic N) is 4. The van der Waals surface area contributed by atoms with Crippen molar-refractivity contribution in [2.75, 3.05) is 31.6 Å². The van der Waals surface area contributed by atoms with Crippen molar-refractivity contribution in [3.05, 3.63) is 42.1 Å². The summed E-state index contributed by atoms with van der Waals surface area (Å²) in [5.74, 6) is 0.753. The number of aliphatic hydroxyl groups excluding tert-OH is 1. The lowest BCUT2D eigenvalue weighted by molar-refractivity contribution is -0.137. The van der Waals surface area contributed by atoms with Gasteiger partial charge in [-0.1, -0.05) is 0 Å². The number of aromatic nitrogens is 3. The molecule has 5 rings (SSSR count). The molecule has 3 heterocycles. The van der Waals surface area contributed by atoms with Crippen molar-refractivity contribution >= 4 is 11.5 Å². The van der Waals surface area contributed by atoms with Gasteiger partial charge in [0.05, 0.1) is 23.8 Å². The van der Waals surface area contributed by atoms with Crippen LogP contribution in [0, 0.1) is 0 Å². The lowest BCUT2D eigenvalue weighted by Gasteiger charge is -2.32. The normalized spacial score (nSPS) is 19.7. The van der Waals surface area contributed by atoms with Crippen molar-refractivity contribution in [1.82, 2.24) is 19.5 Å². The van der Waals surface area contributed by atoms with E-state index in [0.717, 1.165) is 56.4 Å². The van der Waals surface area contributed by atoms with Gasteiger partial charge in [-0.15, -0.1) is 10.2 Å². The number of alkyl halides is 3. The van der Waals surface area contributed by atoms with Crippen LogP contribution in [0.25, 0.3) is 16.8 Å². The van der Waals surface area contributed by atoms with Crippen LogP contribution in [0.1, 0.15) is 31.2 Å². The highest BCUT2D eigenvalue weighted by Gasteiger charge is 2.33. The minimum absolute atomic E-state index is 0.0582. The fourth-order valence-corrected chi connectivity index (χ4v) is 4.30. The lowest BCUT2D eigenvalue weighted by Crippen LogP contribution is -2.43. The van der Waals surface area contributed by atoms with Crippen molar-refractivity contribution in [3.8, 4) is 17.0 Å². The number of hydrogen-bond acceptors (Lipinski definition) is 6. The number of aliphatic hydroxyl groups is 1. The van der Waals surface area contributed by atoms with Crippen LogP contribution in [0.4, 0.5) is 19.1 Å². The summed E-state index contributed by atoms with van der Waals surface area (Å²) in [6.45, 7) is 2.52. The van der Waals surface area contributed by atoms with Gasteiger partial charge in [0.2, 0.25) is 5.95 Å². The van der Waals surface area contributed by atoms with Crippen molar-refractivity contribution < 1.29 is 23.0 Å². The van der Waals surface area contributed by atoms with E-state index in [1.54, 1.807) is 0 Å². The van der Waals surface area contributed by atoms with Crippen molar-refractivity contribution in [1.29, 1.82) is 0 Å². The van der Waals surface area contributed by atoms with Gasteiger partial charge >= 0.3 is 6.18 Å². The molecule has 2 aromatic heterocycles. The van der Waals surface area contributed by atoms with Crippen LogP contribution >= 0.6 is 0 Å². The predicted octanol–water partition coefficient (Wildman–Crippen LogP) is 3.82. The molecule has 2 N–H and O–H groups in total. The summed E-state index contributed by atoms with van der Waals surface area (Å²) in [6, 6.07) is 7.41. The van der Waals surface area contributed by atoms with Gasteiger partial charge in [0.25, 0.3) is 0 Å². The van der Waals surface area contributed by atoms with Crippen molar-refractivity contribution in [2.45, 2.75) is 44.0 Å². The molecule has 0 bridgehead atoms. The van der Waals surface area contributed by atoms with E-state index in [-0.39, 0.29) is 24.5 Å². The molecule has 0 unspecified atom stereocenters. The third-order valence-corrected chi connectivity index (χ3v) is 6.10. The van der Waals surface area contributed by atoms with Crippen LogP contribution in [0.2, 0.25) is 0 Å². The Balaban J connectivity index is 1.47. The SMILES string of the molecule is OCCN1CCC[C@@H](Nc2nnc(-c3ccc(C(F)(F)F)cc3OC3CC3)c3cccn23)C1.